The molecule has 0 aromatic heterocycles. The maximum Gasteiger partial charge on any atom is 0.252 e. The molecule has 0 saturated carbocycles. The van der Waals surface area contributed by atoms with E-state index in [2.05, 4.69) is 20.9 Å². The Hall–Kier alpha value is -1.91. The molecule has 2 aliphatic heterocycles. The van der Waals surface area contributed by atoms with Crippen molar-refractivity contribution in [2.24, 2.45) is 4.99 Å². The van der Waals surface area contributed by atoms with Crippen LogP contribution in [-0.2, 0) is 21.1 Å². The number of sulfone groups is 1. The van der Waals surface area contributed by atoms with Gasteiger partial charge in [0.2, 0.25) is 0 Å². The molecule has 2 atom stereocenters. The van der Waals surface area contributed by atoms with Gasteiger partial charge in [0.1, 0.15) is 11.6 Å². The first-order valence-corrected chi connectivity index (χ1v) is 12.6. The summed E-state index contributed by atoms with van der Waals surface area (Å²) in [5.41, 5.74) is 0.903. The van der Waals surface area contributed by atoms with Crippen LogP contribution in [0.4, 0.5) is 10.1 Å². The molecule has 30 heavy (non-hydrogen) atoms. The highest BCUT2D eigenvalue weighted by atomic mass is 79.9. The molecule has 0 bridgehead atoms. The lowest BCUT2D eigenvalue weighted by Gasteiger charge is -2.25. The van der Waals surface area contributed by atoms with E-state index in [1.54, 1.807) is 35.2 Å². The summed E-state index contributed by atoms with van der Waals surface area (Å²) in [5, 5.41) is 0.0249. The first-order valence-electron chi connectivity index (χ1n) is 9.12. The molecule has 158 valence electrons. The van der Waals surface area contributed by atoms with Gasteiger partial charge in [-0.3, -0.25) is 4.79 Å². The fourth-order valence-corrected chi connectivity index (χ4v) is 7.94. The van der Waals surface area contributed by atoms with Crippen LogP contribution in [-0.4, -0.2) is 49.4 Å². The molecule has 2 fully saturated rings. The van der Waals surface area contributed by atoms with Gasteiger partial charge < -0.3 is 9.64 Å². The van der Waals surface area contributed by atoms with Gasteiger partial charge in [-0.1, -0.05) is 45.9 Å². The number of amides is 1. The molecule has 1 amide bonds. The molecule has 2 heterocycles. The molecule has 2 unspecified atom stereocenters. The number of amidine groups is 1. The number of para-hydroxylation sites is 1. The van der Waals surface area contributed by atoms with Gasteiger partial charge in [-0.15, -0.1) is 0 Å². The van der Waals surface area contributed by atoms with E-state index in [-0.39, 0.29) is 28.9 Å². The van der Waals surface area contributed by atoms with Crippen LogP contribution in [0.1, 0.15) is 5.56 Å². The van der Waals surface area contributed by atoms with E-state index in [0.717, 1.165) is 0 Å². The number of hydrogen-bond donors (Lipinski definition) is 0. The minimum Gasteiger partial charge on any atom is -0.496 e. The van der Waals surface area contributed by atoms with E-state index >= 15 is 0 Å². The summed E-state index contributed by atoms with van der Waals surface area (Å²) in [6.45, 7) is 0. The van der Waals surface area contributed by atoms with Gasteiger partial charge in [0.25, 0.3) is 5.91 Å². The number of benzene rings is 2. The Morgan fingerprint density at radius 3 is 2.80 bits per heavy atom. The number of halogens is 2. The number of rotatable bonds is 4. The average molecular weight is 513 g/mol. The monoisotopic (exact) mass is 512 g/mol. The van der Waals surface area contributed by atoms with Gasteiger partial charge in [0, 0.05) is 15.3 Å². The van der Waals surface area contributed by atoms with Gasteiger partial charge in [-0.05, 0) is 24.3 Å². The van der Waals surface area contributed by atoms with Crippen molar-refractivity contribution in [1.29, 1.82) is 0 Å². The van der Waals surface area contributed by atoms with Crippen LogP contribution in [0.2, 0.25) is 0 Å². The Morgan fingerprint density at radius 2 is 2.07 bits per heavy atom. The van der Waals surface area contributed by atoms with Crippen LogP contribution in [0.25, 0.3) is 0 Å². The van der Waals surface area contributed by atoms with Gasteiger partial charge >= 0.3 is 0 Å². The number of carbonyl (C=O) groups excluding carboxylic acids is 1. The van der Waals surface area contributed by atoms with Crippen LogP contribution < -0.4 is 9.64 Å². The largest absolute Gasteiger partial charge is 0.496 e. The standard InChI is InChI=1S/C20H18BrFN2O4S2/c1-28-17-5-3-2-4-12(17)8-19(25)23-20-24(15-7-6-13(21)9-14(15)22)16-10-30(26,27)11-18(16)29-20/h2-7,9,16,18H,8,10-11H2,1H3. The Bertz CT molecular complexity index is 1140. The highest BCUT2D eigenvalue weighted by Crippen LogP contribution is 2.42. The van der Waals surface area contributed by atoms with E-state index in [1.807, 2.05) is 6.07 Å². The molecule has 0 spiro atoms. The zero-order valence-corrected chi connectivity index (χ0v) is 19.1. The minimum absolute atomic E-state index is 0.0172. The second kappa shape index (κ2) is 8.32. The number of hydrogen-bond acceptors (Lipinski definition) is 5. The zero-order chi connectivity index (χ0) is 21.5. The molecule has 0 N–H and O–H groups in total. The third-order valence-corrected chi connectivity index (χ3v) is 8.69. The summed E-state index contributed by atoms with van der Waals surface area (Å²) in [5.74, 6) is -0.451. The van der Waals surface area contributed by atoms with Crippen molar-refractivity contribution in [3.63, 3.8) is 0 Å². The Kier molecular flexibility index (Phi) is 5.91. The van der Waals surface area contributed by atoms with Crippen LogP contribution >= 0.6 is 27.7 Å². The normalized spacial score (nSPS) is 23.6. The van der Waals surface area contributed by atoms with E-state index in [1.165, 1.54) is 24.9 Å². The van der Waals surface area contributed by atoms with Crippen molar-refractivity contribution in [2.45, 2.75) is 17.7 Å². The quantitative estimate of drug-likeness (QED) is 0.624. The van der Waals surface area contributed by atoms with Crippen LogP contribution in [0, 0.1) is 5.82 Å². The molecule has 10 heteroatoms. The molecule has 2 aromatic carbocycles. The average Bonchev–Trinajstić information content (AvgIpc) is 3.13. The van der Waals surface area contributed by atoms with E-state index in [9.17, 15) is 17.6 Å². The van der Waals surface area contributed by atoms with Gasteiger partial charge in [0.15, 0.2) is 15.0 Å². The Morgan fingerprint density at radius 1 is 1.30 bits per heavy atom. The third kappa shape index (κ3) is 4.26. The van der Waals surface area contributed by atoms with Crippen molar-refractivity contribution < 1.29 is 22.3 Å². The molecular formula is C20H18BrFN2O4S2. The molecule has 4 rings (SSSR count). The Balaban J connectivity index is 1.68. The number of aliphatic imine (C=N–C) groups is 1. The molecular weight excluding hydrogens is 495 g/mol. The molecule has 0 radical (unpaired) electrons. The van der Waals surface area contributed by atoms with Crippen LogP contribution in [0.3, 0.4) is 0 Å². The molecule has 0 aliphatic carbocycles. The summed E-state index contributed by atoms with van der Waals surface area (Å²) >= 11 is 4.44. The summed E-state index contributed by atoms with van der Waals surface area (Å²) in [6.07, 6.45) is 0.0262. The minimum atomic E-state index is -3.23. The lowest BCUT2D eigenvalue weighted by molar-refractivity contribution is -0.117. The third-order valence-electron chi connectivity index (χ3n) is 4.99. The van der Waals surface area contributed by atoms with Crippen LogP contribution in [0.5, 0.6) is 5.75 Å². The number of thioether (sulfide) groups is 1. The molecule has 6 nitrogen and oxygen atoms in total. The lowest BCUT2D eigenvalue weighted by atomic mass is 10.1. The number of nitrogens with zero attached hydrogens (tertiary/aromatic N) is 2. The predicted octanol–water partition coefficient (Wildman–Crippen LogP) is 3.44. The maximum absolute atomic E-state index is 14.7. The van der Waals surface area contributed by atoms with Crippen molar-refractivity contribution in [3.8, 4) is 5.75 Å². The van der Waals surface area contributed by atoms with Crippen molar-refractivity contribution in [3.05, 3.63) is 58.3 Å². The van der Waals surface area contributed by atoms with E-state index in [4.69, 9.17) is 4.74 Å². The van der Waals surface area contributed by atoms with Gasteiger partial charge in [-0.25, -0.2) is 12.8 Å². The van der Waals surface area contributed by atoms with E-state index in [0.29, 0.717) is 21.0 Å². The van der Waals surface area contributed by atoms with Gasteiger partial charge in [-0.2, -0.15) is 4.99 Å². The SMILES string of the molecule is COc1ccccc1CC(=O)N=C1SC2CS(=O)(=O)CC2N1c1ccc(Br)cc1F. The first-order chi connectivity index (χ1) is 14.3. The van der Waals surface area contributed by atoms with Crippen molar-refractivity contribution >= 4 is 54.3 Å². The van der Waals surface area contributed by atoms with Gasteiger partial charge in [0.05, 0.1) is 36.8 Å². The van der Waals surface area contributed by atoms with Crippen LogP contribution in [0.15, 0.2) is 51.9 Å². The van der Waals surface area contributed by atoms with E-state index < -0.39 is 27.6 Å². The topological polar surface area (TPSA) is 76.0 Å². The number of carbonyl (C=O) groups is 1. The Labute approximate surface area is 186 Å². The summed E-state index contributed by atoms with van der Waals surface area (Å²) < 4.78 is 44.8. The predicted molar refractivity (Wildman–Crippen MR) is 120 cm³/mol. The molecule has 2 saturated heterocycles. The summed E-state index contributed by atoms with van der Waals surface area (Å²) in [4.78, 5) is 18.5. The van der Waals surface area contributed by atoms with Crippen molar-refractivity contribution in [1.82, 2.24) is 0 Å². The number of methoxy groups -OCH3 is 1. The fourth-order valence-electron chi connectivity index (χ4n) is 3.68. The number of ether oxygens (including phenoxy) is 1. The number of anilines is 1. The molecule has 2 aliphatic rings. The van der Waals surface area contributed by atoms with Crippen molar-refractivity contribution in [2.75, 3.05) is 23.5 Å². The highest BCUT2D eigenvalue weighted by Gasteiger charge is 2.50. The zero-order valence-electron chi connectivity index (χ0n) is 15.9. The highest BCUT2D eigenvalue weighted by molar-refractivity contribution is 9.10. The summed E-state index contributed by atoms with van der Waals surface area (Å²) in [7, 11) is -1.70. The second-order valence-electron chi connectivity index (χ2n) is 7.04. The maximum atomic E-state index is 14.7. The second-order valence-corrected chi connectivity index (χ2v) is 11.3. The smallest absolute Gasteiger partial charge is 0.252 e. The lowest BCUT2D eigenvalue weighted by Crippen LogP contribution is -2.38. The fraction of sp³-hybridized carbons (Fsp3) is 0.300. The first kappa shape index (κ1) is 21.3. The number of fused-ring (bicyclic) bond motifs is 1. The molecule has 2 aromatic rings. The summed E-state index contributed by atoms with van der Waals surface area (Å²) in [6, 6.07) is 11.2.